The Morgan fingerprint density at radius 1 is 1.29 bits per heavy atom. The van der Waals surface area contributed by atoms with Crippen LogP contribution >= 0.6 is 0 Å². The monoisotopic (exact) mass is 289 g/mol. The Kier molecular flexibility index (Phi) is 3.97. The molecule has 1 heterocycles. The zero-order chi connectivity index (χ0) is 15.6. The molecule has 1 aromatic heterocycles. The van der Waals surface area contributed by atoms with E-state index in [-0.39, 0.29) is 17.1 Å². The molecule has 0 bridgehead atoms. The Bertz CT molecular complexity index is 670. The van der Waals surface area contributed by atoms with Gasteiger partial charge >= 0.3 is 5.97 Å². The largest absolute Gasteiger partial charge is 0.448 e. The summed E-state index contributed by atoms with van der Waals surface area (Å²) in [6, 6.07) is 7.24. The molecule has 1 aromatic carbocycles. The molecule has 0 spiro atoms. The van der Waals surface area contributed by atoms with Gasteiger partial charge in [-0.15, -0.1) is 0 Å². The van der Waals surface area contributed by atoms with Crippen molar-refractivity contribution in [2.24, 2.45) is 0 Å². The van der Waals surface area contributed by atoms with Gasteiger partial charge in [-0.2, -0.15) is 5.10 Å². The lowest BCUT2D eigenvalue weighted by atomic mass is 10.1. The summed E-state index contributed by atoms with van der Waals surface area (Å²) in [5.41, 5.74) is 0.550. The molecule has 6 heteroatoms. The van der Waals surface area contributed by atoms with E-state index in [0.29, 0.717) is 5.39 Å². The van der Waals surface area contributed by atoms with Crippen molar-refractivity contribution in [1.82, 2.24) is 15.5 Å². The summed E-state index contributed by atoms with van der Waals surface area (Å²) in [5.74, 6) is -0.959. The first kappa shape index (κ1) is 15.0. The zero-order valence-electron chi connectivity index (χ0n) is 12.6. The number of benzene rings is 1. The number of esters is 1. The van der Waals surface area contributed by atoms with Gasteiger partial charge in [0.25, 0.3) is 5.91 Å². The van der Waals surface area contributed by atoms with Gasteiger partial charge in [-0.1, -0.05) is 18.2 Å². The second-order valence-electron chi connectivity index (χ2n) is 5.90. The van der Waals surface area contributed by atoms with Gasteiger partial charge < -0.3 is 10.1 Å². The first-order chi connectivity index (χ1) is 9.78. The minimum absolute atomic E-state index is 0.181. The van der Waals surface area contributed by atoms with Gasteiger partial charge in [-0.25, -0.2) is 4.79 Å². The fourth-order valence-electron chi connectivity index (χ4n) is 1.86. The lowest BCUT2D eigenvalue weighted by molar-refractivity contribution is -0.130. The highest BCUT2D eigenvalue weighted by atomic mass is 16.5. The lowest BCUT2D eigenvalue weighted by Gasteiger charge is -2.23. The Labute approximate surface area is 122 Å². The molecule has 1 atom stereocenters. The van der Waals surface area contributed by atoms with Gasteiger partial charge in [0.05, 0.1) is 5.52 Å². The van der Waals surface area contributed by atoms with Gasteiger partial charge in [-0.05, 0) is 33.8 Å². The number of nitrogens with one attached hydrogen (secondary N) is 2. The number of amides is 1. The van der Waals surface area contributed by atoms with Gasteiger partial charge in [0.2, 0.25) is 0 Å². The van der Waals surface area contributed by atoms with Crippen molar-refractivity contribution in [2.75, 3.05) is 0 Å². The summed E-state index contributed by atoms with van der Waals surface area (Å²) in [6.07, 6.45) is -0.882. The normalized spacial score (nSPS) is 13.0. The average molecular weight is 289 g/mol. The number of hydrogen-bond donors (Lipinski definition) is 2. The molecular weight excluding hydrogens is 270 g/mol. The van der Waals surface area contributed by atoms with Crippen molar-refractivity contribution in [3.8, 4) is 0 Å². The van der Waals surface area contributed by atoms with E-state index in [2.05, 4.69) is 15.5 Å². The number of H-pyrrole nitrogens is 1. The molecule has 0 fully saturated rings. The number of hydrogen-bond acceptors (Lipinski definition) is 4. The predicted octanol–water partition coefficient (Wildman–Crippen LogP) is 2.02. The van der Waals surface area contributed by atoms with Crippen molar-refractivity contribution in [2.45, 2.75) is 39.3 Å². The van der Waals surface area contributed by atoms with Crippen LogP contribution in [0.1, 0.15) is 38.2 Å². The number of aromatic amines is 1. The average Bonchev–Trinajstić information content (AvgIpc) is 2.80. The molecule has 0 radical (unpaired) electrons. The third-order valence-corrected chi connectivity index (χ3v) is 2.81. The van der Waals surface area contributed by atoms with Crippen LogP contribution in [0.3, 0.4) is 0 Å². The Morgan fingerprint density at radius 2 is 1.95 bits per heavy atom. The van der Waals surface area contributed by atoms with Crippen molar-refractivity contribution >= 4 is 22.8 Å². The molecule has 0 aliphatic rings. The molecule has 112 valence electrons. The molecule has 0 saturated heterocycles. The van der Waals surface area contributed by atoms with E-state index >= 15 is 0 Å². The number of carbonyl (C=O) groups excluding carboxylic acids is 2. The standard InChI is InChI=1S/C15H19N3O3/c1-9(13(19)16-15(2,3)4)21-14(20)12-10-7-5-6-8-11(10)17-18-12/h5-9H,1-4H3,(H,16,19)(H,17,18)/t9-/m0/s1. The maximum atomic E-state index is 12.1. The molecular formula is C15H19N3O3. The molecule has 0 aliphatic carbocycles. The predicted molar refractivity (Wildman–Crippen MR) is 78.9 cm³/mol. The van der Waals surface area contributed by atoms with Crippen LogP contribution in [-0.4, -0.2) is 33.7 Å². The molecule has 21 heavy (non-hydrogen) atoms. The van der Waals surface area contributed by atoms with Gasteiger partial charge in [-0.3, -0.25) is 9.89 Å². The van der Waals surface area contributed by atoms with Crippen LogP contribution in [0.4, 0.5) is 0 Å². The second-order valence-corrected chi connectivity index (χ2v) is 5.90. The van der Waals surface area contributed by atoms with Gasteiger partial charge in [0.15, 0.2) is 11.8 Å². The molecule has 0 saturated carbocycles. The van der Waals surface area contributed by atoms with Gasteiger partial charge in [0, 0.05) is 10.9 Å². The van der Waals surface area contributed by atoms with E-state index in [1.807, 2.05) is 39.0 Å². The number of ether oxygens (including phenoxy) is 1. The zero-order valence-corrected chi connectivity index (χ0v) is 12.6. The van der Waals surface area contributed by atoms with Crippen molar-refractivity contribution in [3.05, 3.63) is 30.0 Å². The SMILES string of the molecule is C[C@H](OC(=O)c1n[nH]c2ccccc12)C(=O)NC(C)(C)C. The summed E-state index contributed by atoms with van der Waals surface area (Å²) < 4.78 is 5.18. The van der Waals surface area contributed by atoms with E-state index in [4.69, 9.17) is 4.74 Å². The summed E-state index contributed by atoms with van der Waals surface area (Å²) in [4.78, 5) is 24.0. The molecule has 2 rings (SSSR count). The number of rotatable bonds is 3. The van der Waals surface area contributed by atoms with E-state index < -0.39 is 12.1 Å². The first-order valence-electron chi connectivity index (χ1n) is 6.74. The van der Waals surface area contributed by atoms with Crippen LogP contribution < -0.4 is 5.32 Å². The number of para-hydroxylation sites is 1. The highest BCUT2D eigenvalue weighted by Crippen LogP contribution is 2.16. The van der Waals surface area contributed by atoms with Crippen LogP contribution in [0.2, 0.25) is 0 Å². The Balaban J connectivity index is 2.09. The fourth-order valence-corrected chi connectivity index (χ4v) is 1.86. The molecule has 0 unspecified atom stereocenters. The maximum absolute atomic E-state index is 12.1. The summed E-state index contributed by atoms with van der Waals surface area (Å²) >= 11 is 0. The molecule has 2 N–H and O–H groups in total. The Hall–Kier alpha value is -2.37. The van der Waals surface area contributed by atoms with Crippen molar-refractivity contribution < 1.29 is 14.3 Å². The number of nitrogens with zero attached hydrogens (tertiary/aromatic N) is 1. The van der Waals surface area contributed by atoms with Gasteiger partial charge in [0.1, 0.15) is 0 Å². The Morgan fingerprint density at radius 3 is 2.62 bits per heavy atom. The maximum Gasteiger partial charge on any atom is 0.360 e. The van der Waals surface area contributed by atoms with Crippen LogP contribution in [0.5, 0.6) is 0 Å². The van der Waals surface area contributed by atoms with E-state index in [1.54, 1.807) is 6.07 Å². The van der Waals surface area contributed by atoms with Crippen LogP contribution in [0.25, 0.3) is 10.9 Å². The third-order valence-electron chi connectivity index (χ3n) is 2.81. The van der Waals surface area contributed by atoms with E-state index in [0.717, 1.165) is 5.52 Å². The van der Waals surface area contributed by atoms with E-state index in [1.165, 1.54) is 6.92 Å². The minimum Gasteiger partial charge on any atom is -0.448 e. The molecule has 0 aliphatic heterocycles. The first-order valence-corrected chi connectivity index (χ1v) is 6.74. The fraction of sp³-hybridized carbons (Fsp3) is 0.400. The second kappa shape index (κ2) is 5.55. The van der Waals surface area contributed by atoms with Crippen LogP contribution in [0.15, 0.2) is 24.3 Å². The minimum atomic E-state index is -0.882. The molecule has 2 aromatic rings. The smallest absolute Gasteiger partial charge is 0.360 e. The summed E-state index contributed by atoms with van der Waals surface area (Å²) in [5, 5.41) is 10.1. The number of fused-ring (bicyclic) bond motifs is 1. The van der Waals surface area contributed by atoms with Crippen LogP contribution in [0, 0.1) is 0 Å². The summed E-state index contributed by atoms with van der Waals surface area (Å²) in [7, 11) is 0. The quantitative estimate of drug-likeness (QED) is 0.847. The highest BCUT2D eigenvalue weighted by Gasteiger charge is 2.24. The third kappa shape index (κ3) is 3.59. The van der Waals surface area contributed by atoms with E-state index in [9.17, 15) is 9.59 Å². The molecule has 1 amide bonds. The highest BCUT2D eigenvalue weighted by molar-refractivity contribution is 6.02. The van der Waals surface area contributed by atoms with Crippen LogP contribution in [-0.2, 0) is 9.53 Å². The lowest BCUT2D eigenvalue weighted by Crippen LogP contribution is -2.46. The number of aromatic nitrogens is 2. The van der Waals surface area contributed by atoms with Crippen molar-refractivity contribution in [1.29, 1.82) is 0 Å². The van der Waals surface area contributed by atoms with Crippen molar-refractivity contribution in [3.63, 3.8) is 0 Å². The topological polar surface area (TPSA) is 84.1 Å². The number of carbonyl (C=O) groups is 2. The summed E-state index contributed by atoms with van der Waals surface area (Å²) in [6.45, 7) is 7.12. The molecule has 6 nitrogen and oxygen atoms in total.